The Morgan fingerprint density at radius 3 is 2.71 bits per heavy atom. The number of hydrogen-bond acceptors (Lipinski definition) is 5. The average molecular weight is 471 g/mol. The van der Waals surface area contributed by atoms with Gasteiger partial charge in [0, 0.05) is 6.54 Å². The second-order valence-electron chi connectivity index (χ2n) is 7.93. The first-order valence-electron chi connectivity index (χ1n) is 10.8. The normalized spacial score (nSPS) is 16.9. The van der Waals surface area contributed by atoms with E-state index in [1.54, 1.807) is 19.1 Å². The lowest BCUT2D eigenvalue weighted by molar-refractivity contribution is -0.133. The van der Waals surface area contributed by atoms with Crippen molar-refractivity contribution in [2.75, 3.05) is 20.2 Å². The molecule has 2 atom stereocenters. The molecule has 3 rings (SSSR count). The number of benzene rings is 2. The summed E-state index contributed by atoms with van der Waals surface area (Å²) in [5.41, 5.74) is 1.07. The van der Waals surface area contributed by atoms with Crippen molar-refractivity contribution in [3.63, 3.8) is 0 Å². The molecule has 0 saturated carbocycles. The standard InChI is InChI=1S/C24H26FN3O6/c1-3-19(14-5-4-6-15(9-14)23(31)32)27-24(33)28-13-21(29)26-12-17(22(28)30)10-16-11-18(25)7-8-20(16)34-2/h4-9,11,17,19H,3,10,12-13H2,1-2H3,(H,26,29)(H,27,33)(H,31,32)/t17-,19-/m1/s1. The van der Waals surface area contributed by atoms with Crippen molar-refractivity contribution in [2.45, 2.75) is 25.8 Å². The maximum atomic E-state index is 13.8. The number of urea groups is 1. The van der Waals surface area contributed by atoms with Gasteiger partial charge >= 0.3 is 12.0 Å². The second kappa shape index (κ2) is 10.8. The highest BCUT2D eigenvalue weighted by atomic mass is 19.1. The largest absolute Gasteiger partial charge is 0.496 e. The van der Waals surface area contributed by atoms with Gasteiger partial charge < -0.3 is 20.5 Å². The number of ether oxygens (including phenoxy) is 1. The molecule has 3 N–H and O–H groups in total. The van der Waals surface area contributed by atoms with Crippen molar-refractivity contribution in [3.05, 3.63) is 65.0 Å². The summed E-state index contributed by atoms with van der Waals surface area (Å²) in [5.74, 6) is -3.11. The van der Waals surface area contributed by atoms with E-state index in [2.05, 4.69) is 10.6 Å². The van der Waals surface area contributed by atoms with Gasteiger partial charge in [-0.05, 0) is 54.3 Å². The van der Waals surface area contributed by atoms with Gasteiger partial charge in [-0.2, -0.15) is 0 Å². The average Bonchev–Trinajstić information content (AvgIpc) is 2.96. The Balaban J connectivity index is 1.81. The summed E-state index contributed by atoms with van der Waals surface area (Å²) in [6, 6.07) is 8.73. The molecule has 1 aliphatic rings. The zero-order valence-corrected chi connectivity index (χ0v) is 18.8. The Kier molecular flexibility index (Phi) is 7.83. The fraction of sp³-hybridized carbons (Fsp3) is 0.333. The number of carbonyl (C=O) groups excluding carboxylic acids is 3. The van der Waals surface area contributed by atoms with Gasteiger partial charge in [0.15, 0.2) is 0 Å². The molecule has 0 bridgehead atoms. The van der Waals surface area contributed by atoms with Crippen LogP contribution < -0.4 is 15.4 Å². The van der Waals surface area contributed by atoms with Crippen molar-refractivity contribution in [1.29, 1.82) is 0 Å². The zero-order chi connectivity index (χ0) is 24.8. The molecule has 1 saturated heterocycles. The molecule has 34 heavy (non-hydrogen) atoms. The summed E-state index contributed by atoms with van der Waals surface area (Å²) in [5, 5.41) is 14.6. The molecule has 0 aliphatic carbocycles. The van der Waals surface area contributed by atoms with Gasteiger partial charge in [0.2, 0.25) is 11.8 Å². The molecule has 10 heteroatoms. The van der Waals surface area contributed by atoms with Crippen molar-refractivity contribution in [2.24, 2.45) is 5.92 Å². The topological polar surface area (TPSA) is 125 Å². The summed E-state index contributed by atoms with van der Waals surface area (Å²) in [4.78, 5) is 50.6. The molecular weight excluding hydrogens is 445 g/mol. The van der Waals surface area contributed by atoms with Crippen LogP contribution in [0, 0.1) is 11.7 Å². The van der Waals surface area contributed by atoms with Crippen molar-refractivity contribution < 1.29 is 33.4 Å². The van der Waals surface area contributed by atoms with Gasteiger partial charge in [0.1, 0.15) is 18.1 Å². The van der Waals surface area contributed by atoms with Crippen LogP contribution in [-0.4, -0.2) is 54.0 Å². The SMILES string of the molecule is CC[C@@H](NC(=O)N1CC(=O)NC[C@@H](Cc2cc(F)ccc2OC)C1=O)c1cccc(C(=O)O)c1. The quantitative estimate of drug-likeness (QED) is 0.570. The van der Waals surface area contributed by atoms with E-state index in [1.165, 1.54) is 37.4 Å². The van der Waals surface area contributed by atoms with E-state index in [0.29, 0.717) is 23.3 Å². The van der Waals surface area contributed by atoms with Gasteiger partial charge in [-0.15, -0.1) is 0 Å². The lowest BCUT2D eigenvalue weighted by Crippen LogP contribution is -2.48. The lowest BCUT2D eigenvalue weighted by Gasteiger charge is -2.25. The molecule has 2 aromatic carbocycles. The fourth-order valence-electron chi connectivity index (χ4n) is 3.86. The molecule has 9 nitrogen and oxygen atoms in total. The number of rotatable bonds is 7. The number of hydrogen-bond donors (Lipinski definition) is 3. The Bertz CT molecular complexity index is 1110. The van der Waals surface area contributed by atoms with Crippen LogP contribution in [0.5, 0.6) is 5.75 Å². The Morgan fingerprint density at radius 2 is 2.03 bits per heavy atom. The molecule has 0 radical (unpaired) electrons. The number of imide groups is 1. The van der Waals surface area contributed by atoms with Crippen LogP contribution in [0.15, 0.2) is 42.5 Å². The first-order valence-corrected chi connectivity index (χ1v) is 10.8. The highest BCUT2D eigenvalue weighted by molar-refractivity contribution is 6.00. The molecule has 2 aromatic rings. The number of carboxylic acid groups (broad SMARTS) is 1. The van der Waals surface area contributed by atoms with Crippen LogP contribution in [0.4, 0.5) is 9.18 Å². The van der Waals surface area contributed by atoms with E-state index in [4.69, 9.17) is 4.74 Å². The fourth-order valence-corrected chi connectivity index (χ4v) is 3.86. The highest BCUT2D eigenvalue weighted by Crippen LogP contribution is 2.25. The van der Waals surface area contributed by atoms with E-state index in [-0.39, 0.29) is 18.5 Å². The number of methoxy groups -OCH3 is 1. The van der Waals surface area contributed by atoms with Crippen LogP contribution in [0.25, 0.3) is 0 Å². The first kappa shape index (κ1) is 24.7. The van der Waals surface area contributed by atoms with Crippen molar-refractivity contribution in [1.82, 2.24) is 15.5 Å². The third-order valence-corrected chi connectivity index (χ3v) is 5.66. The predicted octanol–water partition coefficient (Wildman–Crippen LogP) is 2.51. The summed E-state index contributed by atoms with van der Waals surface area (Å²) < 4.78 is 19.0. The maximum Gasteiger partial charge on any atom is 0.335 e. The number of nitrogens with one attached hydrogen (secondary N) is 2. The molecular formula is C24H26FN3O6. The number of carboxylic acids is 1. The summed E-state index contributed by atoms with van der Waals surface area (Å²) in [6.45, 7) is 1.32. The second-order valence-corrected chi connectivity index (χ2v) is 7.93. The predicted molar refractivity (Wildman–Crippen MR) is 120 cm³/mol. The van der Waals surface area contributed by atoms with E-state index in [0.717, 1.165) is 4.90 Å². The van der Waals surface area contributed by atoms with E-state index in [9.17, 15) is 28.7 Å². The molecule has 0 unspecified atom stereocenters. The Hall–Kier alpha value is -3.95. The minimum Gasteiger partial charge on any atom is -0.496 e. The Morgan fingerprint density at radius 1 is 1.26 bits per heavy atom. The third-order valence-electron chi connectivity index (χ3n) is 5.66. The molecule has 180 valence electrons. The summed E-state index contributed by atoms with van der Waals surface area (Å²) in [7, 11) is 1.43. The first-order chi connectivity index (χ1) is 16.2. The smallest absolute Gasteiger partial charge is 0.335 e. The van der Waals surface area contributed by atoms with E-state index >= 15 is 0 Å². The van der Waals surface area contributed by atoms with Crippen molar-refractivity contribution in [3.8, 4) is 5.75 Å². The highest BCUT2D eigenvalue weighted by Gasteiger charge is 2.35. The minimum absolute atomic E-state index is 0.0149. The van der Waals surface area contributed by atoms with Gasteiger partial charge in [-0.1, -0.05) is 19.1 Å². The van der Waals surface area contributed by atoms with E-state index in [1.807, 2.05) is 0 Å². The lowest BCUT2D eigenvalue weighted by atomic mass is 9.97. The van der Waals surface area contributed by atoms with Crippen molar-refractivity contribution >= 4 is 23.8 Å². The van der Waals surface area contributed by atoms with Gasteiger partial charge in [-0.3, -0.25) is 14.5 Å². The minimum atomic E-state index is -1.10. The number of aromatic carboxylic acids is 1. The number of halogens is 1. The van der Waals surface area contributed by atoms with Crippen LogP contribution in [-0.2, 0) is 16.0 Å². The third kappa shape index (κ3) is 5.69. The summed E-state index contributed by atoms with van der Waals surface area (Å²) in [6.07, 6.45) is 0.481. The van der Waals surface area contributed by atoms with Crippen LogP contribution >= 0.6 is 0 Å². The number of amides is 4. The molecule has 1 aliphatic heterocycles. The van der Waals surface area contributed by atoms with E-state index < -0.39 is 48.1 Å². The molecule has 4 amide bonds. The molecule has 0 spiro atoms. The van der Waals surface area contributed by atoms with Gasteiger partial charge in [-0.25, -0.2) is 14.0 Å². The number of carbonyl (C=O) groups is 4. The van der Waals surface area contributed by atoms with Crippen LogP contribution in [0.1, 0.15) is 40.9 Å². The summed E-state index contributed by atoms with van der Waals surface area (Å²) >= 11 is 0. The maximum absolute atomic E-state index is 13.8. The monoisotopic (exact) mass is 471 g/mol. The molecule has 1 heterocycles. The van der Waals surface area contributed by atoms with Gasteiger partial charge in [0.05, 0.1) is 24.6 Å². The van der Waals surface area contributed by atoms with Crippen LogP contribution in [0.2, 0.25) is 0 Å². The zero-order valence-electron chi connectivity index (χ0n) is 18.8. The van der Waals surface area contributed by atoms with Crippen LogP contribution in [0.3, 0.4) is 0 Å². The van der Waals surface area contributed by atoms with Gasteiger partial charge in [0.25, 0.3) is 0 Å². The number of nitrogens with zero attached hydrogens (tertiary/aromatic N) is 1. The molecule has 0 aromatic heterocycles. The Labute approximate surface area is 195 Å². The molecule has 1 fully saturated rings.